The second kappa shape index (κ2) is 8.39. The molecule has 6 nitrogen and oxygen atoms in total. The van der Waals surface area contributed by atoms with Gasteiger partial charge in [-0.15, -0.1) is 0 Å². The van der Waals surface area contributed by atoms with E-state index in [2.05, 4.69) is 0 Å². The smallest absolute Gasteiger partial charge is 0.139 e. The molecule has 0 aliphatic heterocycles. The quantitative estimate of drug-likeness (QED) is 0.369. The summed E-state index contributed by atoms with van der Waals surface area (Å²) in [5.74, 6) is 0. The Balaban J connectivity index is 3.48. The van der Waals surface area contributed by atoms with Gasteiger partial charge in [-0.25, -0.2) is 0 Å². The Bertz CT molecular complexity index is 128. The van der Waals surface area contributed by atoms with Crippen molar-refractivity contribution in [3.8, 4) is 6.07 Å². The van der Waals surface area contributed by atoms with E-state index < -0.39 is 0 Å². The predicted molar refractivity (Wildman–Crippen MR) is 38.4 cm³/mol. The molecule has 0 unspecified atom stereocenters. The van der Waals surface area contributed by atoms with Gasteiger partial charge in [0, 0.05) is 0 Å². The van der Waals surface area contributed by atoms with Crippen LogP contribution in [0.3, 0.4) is 0 Å². The number of hydrogen-bond acceptors (Lipinski definition) is 6. The van der Waals surface area contributed by atoms with Crippen molar-refractivity contribution in [2.45, 2.75) is 0 Å². The number of aliphatic hydroxyl groups excluding tert-OH is 2. The van der Waals surface area contributed by atoms with Crippen molar-refractivity contribution in [2.75, 3.05) is 33.0 Å². The van der Waals surface area contributed by atoms with Crippen molar-refractivity contribution in [2.24, 2.45) is 0 Å². The monoisotopic (exact) mass is 176 g/mol. The van der Waals surface area contributed by atoms with E-state index in [9.17, 15) is 0 Å². The molecular weight excluding hydrogens is 164 g/mol. The van der Waals surface area contributed by atoms with Crippen molar-refractivity contribution in [3.63, 3.8) is 0 Å². The van der Waals surface area contributed by atoms with Crippen LogP contribution in [0.25, 0.3) is 0 Å². The maximum absolute atomic E-state index is 8.37. The van der Waals surface area contributed by atoms with E-state index in [4.69, 9.17) is 25.2 Å². The molecule has 0 atom stereocenters. The van der Waals surface area contributed by atoms with Crippen LogP contribution in [0.1, 0.15) is 0 Å². The Labute approximate surface area is 70.4 Å². The first-order valence-corrected chi connectivity index (χ1v) is 3.47. The summed E-state index contributed by atoms with van der Waals surface area (Å²) in [5, 5.41) is 25.9. The zero-order valence-corrected chi connectivity index (χ0v) is 6.64. The number of hydroxylamine groups is 2. The molecule has 0 radical (unpaired) electrons. The summed E-state index contributed by atoms with van der Waals surface area (Å²) in [6, 6.07) is 1.80. The fourth-order valence-electron chi connectivity index (χ4n) is 0.472. The van der Waals surface area contributed by atoms with Gasteiger partial charge in [-0.2, -0.15) is 5.26 Å². The molecule has 0 saturated heterocycles. The molecule has 0 aliphatic carbocycles. The van der Waals surface area contributed by atoms with Gasteiger partial charge in [-0.05, 0) is 0 Å². The second-order valence-corrected chi connectivity index (χ2v) is 1.76. The molecule has 0 aromatic rings. The lowest BCUT2D eigenvalue weighted by molar-refractivity contribution is -0.364. The molecule has 0 amide bonds. The Morgan fingerprint density at radius 3 is 2.00 bits per heavy atom. The molecule has 0 aromatic carbocycles. The average Bonchev–Trinajstić information content (AvgIpc) is 2.10. The first-order valence-electron chi connectivity index (χ1n) is 3.47. The normalized spacial score (nSPS) is 10.2. The van der Waals surface area contributed by atoms with Crippen molar-refractivity contribution in [3.05, 3.63) is 0 Å². The Morgan fingerprint density at radius 2 is 1.67 bits per heavy atom. The van der Waals surface area contributed by atoms with Crippen LogP contribution in [0.5, 0.6) is 0 Å². The van der Waals surface area contributed by atoms with Crippen LogP contribution in [0.2, 0.25) is 0 Å². The van der Waals surface area contributed by atoms with Gasteiger partial charge in [0.15, 0.2) is 0 Å². The largest absolute Gasteiger partial charge is 0.394 e. The van der Waals surface area contributed by atoms with E-state index in [1.807, 2.05) is 0 Å². The van der Waals surface area contributed by atoms with Crippen LogP contribution >= 0.6 is 0 Å². The van der Waals surface area contributed by atoms with Gasteiger partial charge >= 0.3 is 0 Å². The van der Waals surface area contributed by atoms with Gasteiger partial charge in [0.2, 0.25) is 0 Å². The molecule has 0 heterocycles. The van der Waals surface area contributed by atoms with Crippen LogP contribution in [0, 0.1) is 11.3 Å². The van der Waals surface area contributed by atoms with Gasteiger partial charge in [0.1, 0.15) is 6.54 Å². The third kappa shape index (κ3) is 6.03. The highest BCUT2D eigenvalue weighted by molar-refractivity contribution is 4.69. The van der Waals surface area contributed by atoms with Crippen LogP contribution in [-0.2, 0) is 9.68 Å². The summed E-state index contributed by atoms with van der Waals surface area (Å²) in [7, 11) is 0. The van der Waals surface area contributed by atoms with Crippen LogP contribution in [0.4, 0.5) is 0 Å². The molecule has 0 aliphatic rings. The first-order chi connectivity index (χ1) is 5.85. The van der Waals surface area contributed by atoms with Gasteiger partial charge in [0.25, 0.3) is 0 Å². The SMILES string of the molecule is N#CCN(OCCO)OCCO. The molecule has 12 heavy (non-hydrogen) atoms. The minimum Gasteiger partial charge on any atom is -0.394 e. The maximum Gasteiger partial charge on any atom is 0.139 e. The Kier molecular flexibility index (Phi) is 7.89. The highest BCUT2D eigenvalue weighted by atomic mass is 16.9. The molecule has 0 bridgehead atoms. The number of nitrogens with zero attached hydrogens (tertiary/aromatic N) is 2. The Morgan fingerprint density at radius 1 is 1.17 bits per heavy atom. The summed E-state index contributed by atoms with van der Waals surface area (Å²) >= 11 is 0. The average molecular weight is 176 g/mol. The molecule has 6 heteroatoms. The standard InChI is InChI=1S/C6H12N2O4/c7-1-2-8(11-5-3-9)12-6-4-10/h9-10H,2-6H2. The number of hydrogen-bond donors (Lipinski definition) is 2. The molecule has 0 fully saturated rings. The predicted octanol–water partition coefficient (Wildman–Crippen LogP) is -1.34. The van der Waals surface area contributed by atoms with E-state index in [-0.39, 0.29) is 33.0 Å². The van der Waals surface area contributed by atoms with Gasteiger partial charge in [-0.1, -0.05) is 5.23 Å². The van der Waals surface area contributed by atoms with E-state index in [0.29, 0.717) is 0 Å². The van der Waals surface area contributed by atoms with E-state index in [1.54, 1.807) is 6.07 Å². The minimum absolute atomic E-state index is 0.0626. The molecule has 0 aromatic heterocycles. The molecule has 0 spiro atoms. The highest BCUT2D eigenvalue weighted by Crippen LogP contribution is 1.90. The lowest BCUT2D eigenvalue weighted by Gasteiger charge is -2.16. The highest BCUT2D eigenvalue weighted by Gasteiger charge is 2.03. The molecule has 2 N–H and O–H groups in total. The lowest BCUT2D eigenvalue weighted by atomic mass is 10.7. The Hall–Kier alpha value is -0.710. The second-order valence-electron chi connectivity index (χ2n) is 1.76. The van der Waals surface area contributed by atoms with Gasteiger partial charge in [-0.3, -0.25) is 9.68 Å². The third-order valence-corrected chi connectivity index (χ3v) is 0.853. The number of nitriles is 1. The molecular formula is C6H12N2O4. The van der Waals surface area contributed by atoms with E-state index in [0.717, 1.165) is 5.23 Å². The fourth-order valence-corrected chi connectivity index (χ4v) is 0.472. The summed E-state index contributed by atoms with van der Waals surface area (Å²) < 4.78 is 0. The third-order valence-electron chi connectivity index (χ3n) is 0.853. The van der Waals surface area contributed by atoms with Gasteiger partial charge < -0.3 is 10.2 Å². The zero-order valence-electron chi connectivity index (χ0n) is 6.64. The lowest BCUT2D eigenvalue weighted by Crippen LogP contribution is -2.27. The van der Waals surface area contributed by atoms with Crippen molar-refractivity contribution >= 4 is 0 Å². The number of aliphatic hydroxyl groups is 2. The maximum atomic E-state index is 8.37. The van der Waals surface area contributed by atoms with E-state index in [1.165, 1.54) is 0 Å². The van der Waals surface area contributed by atoms with Gasteiger partial charge in [0.05, 0.1) is 32.5 Å². The summed E-state index contributed by atoms with van der Waals surface area (Å²) in [4.78, 5) is 9.52. The van der Waals surface area contributed by atoms with Crippen LogP contribution in [0.15, 0.2) is 0 Å². The molecule has 70 valence electrons. The summed E-state index contributed by atoms with van der Waals surface area (Å²) in [5.41, 5.74) is 0. The van der Waals surface area contributed by atoms with Crippen molar-refractivity contribution in [1.29, 1.82) is 5.26 Å². The van der Waals surface area contributed by atoms with Crippen molar-refractivity contribution in [1.82, 2.24) is 5.23 Å². The van der Waals surface area contributed by atoms with E-state index >= 15 is 0 Å². The summed E-state index contributed by atoms with van der Waals surface area (Å²) in [6.07, 6.45) is 0. The zero-order chi connectivity index (χ0) is 9.23. The number of rotatable bonds is 7. The fraction of sp³-hybridized carbons (Fsp3) is 0.833. The summed E-state index contributed by atoms with van der Waals surface area (Å²) in [6.45, 7) is -0.241. The first kappa shape index (κ1) is 11.3. The van der Waals surface area contributed by atoms with Crippen LogP contribution < -0.4 is 0 Å². The van der Waals surface area contributed by atoms with Crippen LogP contribution in [-0.4, -0.2) is 48.4 Å². The minimum atomic E-state index is -0.148. The topological polar surface area (TPSA) is 86.0 Å². The van der Waals surface area contributed by atoms with Crippen molar-refractivity contribution < 1.29 is 19.9 Å². The molecule has 0 rings (SSSR count). The molecule has 0 saturated carbocycles.